The Kier molecular flexibility index (Phi) is 12.9. The minimum Gasteiger partial charge on any atom is -0.377 e. The van der Waals surface area contributed by atoms with E-state index in [1.807, 2.05) is 50.8 Å². The van der Waals surface area contributed by atoms with Crippen LogP contribution in [0.1, 0.15) is 40.5 Å². The van der Waals surface area contributed by atoms with Crippen LogP contribution in [-0.4, -0.2) is 122 Å². The molecule has 0 amide bonds. The van der Waals surface area contributed by atoms with Crippen LogP contribution in [0.4, 0.5) is 0 Å². The maximum atomic E-state index is 13.2. The van der Waals surface area contributed by atoms with Crippen molar-refractivity contribution in [2.45, 2.75) is 51.0 Å². The first kappa shape index (κ1) is 33.3. The van der Waals surface area contributed by atoms with Gasteiger partial charge in [-0.15, -0.1) is 0 Å². The van der Waals surface area contributed by atoms with Crippen molar-refractivity contribution in [1.29, 1.82) is 0 Å². The molecule has 3 rings (SSSR count). The van der Waals surface area contributed by atoms with E-state index in [4.69, 9.17) is 13.2 Å². The number of benzene rings is 1. The van der Waals surface area contributed by atoms with Gasteiger partial charge < -0.3 is 28.1 Å². The number of hydrogen-bond acceptors (Lipinski definition) is 12. The van der Waals surface area contributed by atoms with E-state index in [0.717, 1.165) is 26.2 Å². The standard InChI is InChI=1S/C27H42N4O8S2/c1-5-28(6-2)14-16-30(18-19-40(36)22-12-10-9-11-13-22)26-31(17-15-29(7-3)8-4)37-23(32)20-27(35)21-24(33)38-41(26)39-25(27)34/h9-13,35H,5-8,14-21H2,1-4H3. The van der Waals surface area contributed by atoms with Gasteiger partial charge in [0.1, 0.15) is 0 Å². The number of aliphatic hydroxyl groups is 1. The van der Waals surface area contributed by atoms with Crippen molar-refractivity contribution in [3.05, 3.63) is 30.3 Å². The Morgan fingerprint density at radius 3 is 2.12 bits per heavy atom. The van der Waals surface area contributed by atoms with E-state index in [9.17, 15) is 23.7 Å². The molecular weight excluding hydrogens is 572 g/mol. The summed E-state index contributed by atoms with van der Waals surface area (Å²) in [6, 6.07) is 9.07. The quantitative estimate of drug-likeness (QED) is 0.304. The van der Waals surface area contributed by atoms with Gasteiger partial charge in [-0.2, -0.15) is 0 Å². The third kappa shape index (κ3) is 9.14. The minimum absolute atomic E-state index is 0.163. The first-order chi connectivity index (χ1) is 19.6. The Morgan fingerprint density at radius 2 is 1.49 bits per heavy atom. The summed E-state index contributed by atoms with van der Waals surface area (Å²) in [6.07, 6.45) is -1.49. The summed E-state index contributed by atoms with van der Waals surface area (Å²) in [5.41, 5.74) is -2.39. The van der Waals surface area contributed by atoms with Gasteiger partial charge in [0.15, 0.2) is 5.60 Å². The van der Waals surface area contributed by atoms with Crippen LogP contribution >= 0.6 is 11.0 Å². The molecule has 0 saturated carbocycles. The van der Waals surface area contributed by atoms with Crippen molar-refractivity contribution < 1.29 is 36.9 Å². The number of carbonyl (C=O) groups excluding carboxylic acids is 3. The highest BCUT2D eigenvalue weighted by Gasteiger charge is 2.49. The fourth-order valence-corrected chi connectivity index (χ4v) is 6.95. The lowest BCUT2D eigenvalue weighted by Gasteiger charge is -2.34. The topological polar surface area (TPSA) is 129 Å². The third-order valence-corrected chi connectivity index (χ3v) is 9.82. The largest absolute Gasteiger partial charge is 0.377 e. The Morgan fingerprint density at radius 1 is 0.878 bits per heavy atom. The van der Waals surface area contributed by atoms with Gasteiger partial charge in [-0.3, -0.25) is 18.7 Å². The highest BCUT2D eigenvalue weighted by Crippen LogP contribution is 2.35. The summed E-state index contributed by atoms with van der Waals surface area (Å²) in [7, 11) is -1.35. The smallest absolute Gasteiger partial charge is 0.353 e. The molecule has 1 N–H and O–H groups in total. The molecular formula is C27H42N4O8S2. The fourth-order valence-electron chi connectivity index (χ4n) is 4.48. The van der Waals surface area contributed by atoms with E-state index in [1.165, 1.54) is 5.06 Å². The van der Waals surface area contributed by atoms with Gasteiger partial charge in [0.2, 0.25) is 16.2 Å². The van der Waals surface area contributed by atoms with Crippen molar-refractivity contribution >= 4 is 44.9 Å². The summed E-state index contributed by atoms with van der Waals surface area (Å²) in [5, 5.41) is 12.4. The molecule has 41 heavy (non-hydrogen) atoms. The van der Waals surface area contributed by atoms with Crippen LogP contribution in [0, 0.1) is 0 Å². The summed E-state index contributed by atoms with van der Waals surface area (Å²) in [5.74, 6) is -2.65. The van der Waals surface area contributed by atoms with E-state index in [2.05, 4.69) is 9.80 Å². The number of hydroxylamine groups is 2. The molecule has 0 radical (unpaired) electrons. The first-order valence-corrected chi connectivity index (χ1v) is 16.4. The number of fused-ring (bicyclic) bond motifs is 3. The molecule has 3 unspecified atom stereocenters. The third-order valence-electron chi connectivity index (χ3n) is 7.07. The highest BCUT2D eigenvalue weighted by molar-refractivity contribution is 8.08. The molecule has 0 spiro atoms. The second-order valence-corrected chi connectivity index (χ2v) is 12.4. The van der Waals surface area contributed by atoms with Crippen molar-refractivity contribution in [3.8, 4) is 0 Å². The molecule has 3 atom stereocenters. The molecule has 1 fully saturated rings. The number of hydrogen-bond donors (Lipinski definition) is 1. The van der Waals surface area contributed by atoms with E-state index in [0.29, 0.717) is 24.5 Å². The van der Waals surface area contributed by atoms with Gasteiger partial charge in [-0.1, -0.05) is 51.0 Å². The molecule has 2 heterocycles. The molecule has 14 heteroatoms. The maximum absolute atomic E-state index is 13.2. The van der Waals surface area contributed by atoms with Crippen molar-refractivity contribution in [3.63, 3.8) is 0 Å². The molecule has 1 aromatic rings. The van der Waals surface area contributed by atoms with E-state index < -0.39 is 58.2 Å². The van der Waals surface area contributed by atoms with Crippen LogP contribution in [0.2, 0.25) is 0 Å². The monoisotopic (exact) mass is 614 g/mol. The predicted molar refractivity (Wildman–Crippen MR) is 157 cm³/mol. The summed E-state index contributed by atoms with van der Waals surface area (Å²) >= 11 is -1.94. The number of nitrogens with zero attached hydrogens (tertiary/aromatic N) is 4. The summed E-state index contributed by atoms with van der Waals surface area (Å²) in [4.78, 5) is 51.4. The van der Waals surface area contributed by atoms with E-state index in [-0.39, 0.29) is 24.0 Å². The Labute approximate surface area is 247 Å². The lowest BCUT2D eigenvalue weighted by atomic mass is 9.96. The average molecular weight is 615 g/mol. The lowest BCUT2D eigenvalue weighted by Crippen LogP contribution is -2.51. The lowest BCUT2D eigenvalue weighted by molar-refractivity contribution is -0.184. The molecule has 2 aliphatic rings. The van der Waals surface area contributed by atoms with Gasteiger partial charge in [-0.25, -0.2) is 4.79 Å². The number of rotatable bonds is 14. The molecule has 1 aromatic carbocycles. The highest BCUT2D eigenvalue weighted by atomic mass is 32.2. The SMILES string of the molecule is CCN(CC)CCN(CCS(=O)c1ccccc1)/C1=S2\OC(=O)CC(O)(CC(=O)ON1CCN(CC)CC)C(=O)O2. The Hall–Kier alpha value is -2.20. The predicted octanol–water partition coefficient (Wildman–Crippen LogP) is 1.35. The van der Waals surface area contributed by atoms with Gasteiger partial charge >= 0.3 is 17.9 Å². The molecule has 230 valence electrons. The van der Waals surface area contributed by atoms with Crippen molar-refractivity contribution in [2.75, 3.05) is 64.7 Å². The molecule has 0 aliphatic carbocycles. The van der Waals surface area contributed by atoms with Gasteiger partial charge in [-0.05, 0) is 38.3 Å². The zero-order valence-electron chi connectivity index (χ0n) is 24.3. The second kappa shape index (κ2) is 15.9. The van der Waals surface area contributed by atoms with E-state index in [1.54, 1.807) is 12.1 Å². The van der Waals surface area contributed by atoms with Crippen molar-refractivity contribution in [1.82, 2.24) is 19.8 Å². The van der Waals surface area contributed by atoms with Crippen molar-refractivity contribution in [2.24, 2.45) is 0 Å². The Bertz CT molecular complexity index is 1110. The first-order valence-electron chi connectivity index (χ1n) is 14.0. The van der Waals surface area contributed by atoms with Gasteiger partial charge in [0.05, 0.1) is 30.2 Å². The Balaban J connectivity index is 2.08. The summed E-state index contributed by atoms with van der Waals surface area (Å²) in [6.45, 7) is 13.1. The fraction of sp³-hybridized carbons (Fsp3) is 0.630. The number of likely N-dealkylation sites (N-methyl/N-ethyl adjacent to an activating group) is 2. The number of carbonyl (C=O) groups is 3. The molecule has 2 bridgehead atoms. The molecule has 0 aromatic heterocycles. The zero-order valence-corrected chi connectivity index (χ0v) is 25.9. The minimum atomic E-state index is -2.39. The maximum Gasteiger partial charge on any atom is 0.353 e. The van der Waals surface area contributed by atoms with Gasteiger partial charge in [0.25, 0.3) is 0 Å². The van der Waals surface area contributed by atoms with E-state index >= 15 is 0 Å². The normalized spacial score (nSPS) is 23.6. The van der Waals surface area contributed by atoms with Crippen LogP contribution in [0.15, 0.2) is 35.2 Å². The van der Waals surface area contributed by atoms with Crippen LogP contribution in [0.5, 0.6) is 0 Å². The average Bonchev–Trinajstić information content (AvgIpc) is 3.04. The van der Waals surface area contributed by atoms with Crippen LogP contribution in [0.25, 0.3) is 0 Å². The van der Waals surface area contributed by atoms with Gasteiger partial charge in [0, 0.05) is 36.8 Å². The molecule has 2 aliphatic heterocycles. The van der Waals surface area contributed by atoms with Crippen LogP contribution < -0.4 is 0 Å². The summed E-state index contributed by atoms with van der Waals surface area (Å²) < 4.78 is 24.4. The zero-order chi connectivity index (χ0) is 30.0. The second-order valence-electron chi connectivity index (χ2n) is 9.70. The van der Waals surface area contributed by atoms with Crippen LogP contribution in [0.3, 0.4) is 0 Å². The molecule has 12 nitrogen and oxygen atoms in total. The van der Waals surface area contributed by atoms with Crippen LogP contribution in [-0.2, 0) is 38.4 Å². The molecule has 1 saturated heterocycles.